The highest BCUT2D eigenvalue weighted by Crippen LogP contribution is 2.28. The molecular weight excluding hydrogens is 136 g/mol. The summed E-state index contributed by atoms with van der Waals surface area (Å²) in [6, 6.07) is 0. The number of carbonyl (C=O) groups excluding carboxylic acids is 1. The molecule has 0 radical (unpaired) electrons. The molecule has 0 saturated heterocycles. The summed E-state index contributed by atoms with van der Waals surface area (Å²) in [5.41, 5.74) is 0.216. The van der Waals surface area contributed by atoms with Crippen LogP contribution in [0.3, 0.4) is 0 Å². The van der Waals surface area contributed by atoms with Crippen molar-refractivity contribution in [3.8, 4) is 0 Å². The summed E-state index contributed by atoms with van der Waals surface area (Å²) in [5.74, 6) is 0. The molecule has 0 rings (SSSR count). The van der Waals surface area contributed by atoms with Gasteiger partial charge < -0.3 is 4.79 Å². The van der Waals surface area contributed by atoms with Crippen LogP contribution >= 0.6 is 0 Å². The third-order valence-corrected chi connectivity index (χ3v) is 1.84. The lowest BCUT2D eigenvalue weighted by atomic mass is 9.81. The maximum absolute atomic E-state index is 10.5. The standard InChI is InChI=1S/C10H20O/c1-9(2,3)6-7-10(4,5)8-11/h8H,6-7H2,1-5H3. The zero-order valence-electron chi connectivity index (χ0n) is 8.40. The van der Waals surface area contributed by atoms with Gasteiger partial charge in [-0.25, -0.2) is 0 Å². The Bertz CT molecular complexity index is 128. The number of hydrogen-bond donors (Lipinski definition) is 0. The molecule has 0 atom stereocenters. The fourth-order valence-corrected chi connectivity index (χ4v) is 0.756. The van der Waals surface area contributed by atoms with E-state index in [2.05, 4.69) is 20.8 Å². The van der Waals surface area contributed by atoms with Crippen LogP contribution in [-0.2, 0) is 4.79 Å². The Balaban J connectivity index is 3.79. The first-order valence-corrected chi connectivity index (χ1v) is 4.23. The third kappa shape index (κ3) is 6.08. The normalized spacial score (nSPS) is 13.2. The van der Waals surface area contributed by atoms with Crippen molar-refractivity contribution in [3.05, 3.63) is 0 Å². The first-order valence-electron chi connectivity index (χ1n) is 4.23. The lowest BCUT2D eigenvalue weighted by molar-refractivity contribution is -0.115. The Labute approximate surface area is 70.2 Å². The van der Waals surface area contributed by atoms with Crippen LogP contribution in [-0.4, -0.2) is 6.29 Å². The molecule has 0 saturated carbocycles. The monoisotopic (exact) mass is 156 g/mol. The van der Waals surface area contributed by atoms with Gasteiger partial charge in [0.25, 0.3) is 0 Å². The van der Waals surface area contributed by atoms with E-state index in [4.69, 9.17) is 0 Å². The molecule has 0 fully saturated rings. The van der Waals surface area contributed by atoms with E-state index in [1.807, 2.05) is 13.8 Å². The smallest absolute Gasteiger partial charge is 0.125 e. The van der Waals surface area contributed by atoms with Crippen LogP contribution in [0.15, 0.2) is 0 Å². The predicted octanol–water partition coefficient (Wildman–Crippen LogP) is 3.04. The van der Waals surface area contributed by atoms with E-state index in [0.29, 0.717) is 5.41 Å². The molecule has 11 heavy (non-hydrogen) atoms. The van der Waals surface area contributed by atoms with Gasteiger partial charge in [-0.05, 0) is 18.3 Å². The predicted molar refractivity (Wildman–Crippen MR) is 48.5 cm³/mol. The number of carbonyl (C=O) groups is 1. The van der Waals surface area contributed by atoms with Gasteiger partial charge in [-0.1, -0.05) is 34.6 Å². The summed E-state index contributed by atoms with van der Waals surface area (Å²) < 4.78 is 0. The van der Waals surface area contributed by atoms with Gasteiger partial charge in [-0.2, -0.15) is 0 Å². The number of aldehydes is 1. The lowest BCUT2D eigenvalue weighted by Gasteiger charge is -2.23. The molecule has 0 N–H and O–H groups in total. The summed E-state index contributed by atoms with van der Waals surface area (Å²) in [4.78, 5) is 10.5. The maximum Gasteiger partial charge on any atom is 0.125 e. The van der Waals surface area contributed by atoms with Gasteiger partial charge in [0.15, 0.2) is 0 Å². The molecule has 0 unspecified atom stereocenters. The summed E-state index contributed by atoms with van der Waals surface area (Å²) in [6.07, 6.45) is 3.15. The fourth-order valence-electron chi connectivity index (χ4n) is 0.756. The van der Waals surface area contributed by atoms with Gasteiger partial charge >= 0.3 is 0 Å². The highest BCUT2D eigenvalue weighted by Gasteiger charge is 2.20. The molecule has 0 aliphatic rings. The van der Waals surface area contributed by atoms with Crippen LogP contribution in [0, 0.1) is 10.8 Å². The van der Waals surface area contributed by atoms with Crippen LogP contribution in [0.4, 0.5) is 0 Å². The first kappa shape index (κ1) is 10.7. The van der Waals surface area contributed by atoms with Crippen LogP contribution in [0.1, 0.15) is 47.5 Å². The second kappa shape index (κ2) is 3.38. The SMILES string of the molecule is CC(C)(C)CCC(C)(C)C=O. The van der Waals surface area contributed by atoms with Gasteiger partial charge in [0.05, 0.1) is 0 Å². The van der Waals surface area contributed by atoms with Gasteiger partial charge in [-0.15, -0.1) is 0 Å². The van der Waals surface area contributed by atoms with Crippen LogP contribution in [0.25, 0.3) is 0 Å². The second-order valence-corrected chi connectivity index (χ2v) is 5.17. The number of rotatable bonds is 3. The first-order chi connectivity index (χ1) is 4.77. The van der Waals surface area contributed by atoms with E-state index in [1.54, 1.807) is 0 Å². The van der Waals surface area contributed by atoms with Crippen LogP contribution < -0.4 is 0 Å². The van der Waals surface area contributed by atoms with E-state index < -0.39 is 0 Å². The third-order valence-electron chi connectivity index (χ3n) is 1.84. The number of hydrogen-bond acceptors (Lipinski definition) is 1. The minimum atomic E-state index is -0.132. The minimum Gasteiger partial charge on any atom is -0.303 e. The molecule has 0 amide bonds. The molecule has 0 aromatic carbocycles. The van der Waals surface area contributed by atoms with Crippen molar-refractivity contribution < 1.29 is 4.79 Å². The van der Waals surface area contributed by atoms with Gasteiger partial charge in [0.2, 0.25) is 0 Å². The molecule has 0 aliphatic heterocycles. The van der Waals surface area contributed by atoms with Crippen LogP contribution in [0.5, 0.6) is 0 Å². The van der Waals surface area contributed by atoms with E-state index in [9.17, 15) is 4.79 Å². The average Bonchev–Trinajstić information content (AvgIpc) is 1.83. The highest BCUT2D eigenvalue weighted by molar-refractivity contribution is 5.57. The van der Waals surface area contributed by atoms with Gasteiger partial charge in [0, 0.05) is 5.41 Å². The lowest BCUT2D eigenvalue weighted by Crippen LogP contribution is -2.17. The summed E-state index contributed by atoms with van der Waals surface area (Å²) in [7, 11) is 0. The molecule has 1 nitrogen and oxygen atoms in total. The van der Waals surface area contributed by atoms with Crippen molar-refractivity contribution in [2.75, 3.05) is 0 Å². The van der Waals surface area contributed by atoms with E-state index in [-0.39, 0.29) is 5.41 Å². The Morgan fingerprint density at radius 3 is 1.73 bits per heavy atom. The Kier molecular flexibility index (Phi) is 3.28. The molecular formula is C10H20O. The Morgan fingerprint density at radius 2 is 1.45 bits per heavy atom. The summed E-state index contributed by atoms with van der Waals surface area (Å²) in [5, 5.41) is 0. The molecule has 0 bridgehead atoms. The van der Waals surface area contributed by atoms with Crippen molar-refractivity contribution in [1.82, 2.24) is 0 Å². The van der Waals surface area contributed by atoms with E-state index in [0.717, 1.165) is 19.1 Å². The van der Waals surface area contributed by atoms with Crippen molar-refractivity contribution in [3.63, 3.8) is 0 Å². The van der Waals surface area contributed by atoms with Crippen LogP contribution in [0.2, 0.25) is 0 Å². The largest absolute Gasteiger partial charge is 0.303 e. The van der Waals surface area contributed by atoms with Crippen molar-refractivity contribution in [2.45, 2.75) is 47.5 Å². The van der Waals surface area contributed by atoms with E-state index in [1.165, 1.54) is 0 Å². The fraction of sp³-hybridized carbons (Fsp3) is 0.900. The van der Waals surface area contributed by atoms with E-state index >= 15 is 0 Å². The average molecular weight is 156 g/mol. The Morgan fingerprint density at radius 1 is 1.00 bits per heavy atom. The molecule has 0 spiro atoms. The summed E-state index contributed by atoms with van der Waals surface area (Å²) >= 11 is 0. The zero-order valence-corrected chi connectivity index (χ0v) is 8.40. The molecule has 0 aromatic heterocycles. The molecule has 0 heterocycles. The molecule has 0 aliphatic carbocycles. The summed E-state index contributed by atoms with van der Waals surface area (Å²) in [6.45, 7) is 10.6. The zero-order chi connectivity index (χ0) is 9.12. The quantitative estimate of drug-likeness (QED) is 0.574. The van der Waals surface area contributed by atoms with Crippen molar-refractivity contribution in [1.29, 1.82) is 0 Å². The molecule has 0 aromatic rings. The van der Waals surface area contributed by atoms with Crippen molar-refractivity contribution in [2.24, 2.45) is 10.8 Å². The Hall–Kier alpha value is -0.330. The maximum atomic E-state index is 10.5. The minimum absolute atomic E-state index is 0.132. The van der Waals surface area contributed by atoms with Gasteiger partial charge in [0.1, 0.15) is 6.29 Å². The molecule has 1 heteroatoms. The second-order valence-electron chi connectivity index (χ2n) is 5.17. The van der Waals surface area contributed by atoms with Gasteiger partial charge in [-0.3, -0.25) is 0 Å². The topological polar surface area (TPSA) is 17.1 Å². The van der Waals surface area contributed by atoms with Crippen molar-refractivity contribution >= 4 is 6.29 Å². The highest BCUT2D eigenvalue weighted by atomic mass is 16.1. The molecule has 66 valence electrons.